The quantitative estimate of drug-likeness (QED) is 0.251. The highest BCUT2D eigenvalue weighted by Gasteiger charge is 2.20. The Hall–Kier alpha value is -4.05. The molecule has 0 aliphatic carbocycles. The Kier molecular flexibility index (Phi) is 8.32. The van der Waals surface area contributed by atoms with E-state index in [4.69, 9.17) is 4.74 Å². The van der Waals surface area contributed by atoms with E-state index in [0.717, 1.165) is 6.07 Å². The zero-order chi connectivity index (χ0) is 25.4. The molecule has 0 fully saturated rings. The number of aryl methyl sites for hydroxylation is 1. The Morgan fingerprint density at radius 3 is 2.29 bits per heavy atom. The maximum atomic E-state index is 12.8. The number of nitro benzene ring substituents is 1. The molecule has 182 valence electrons. The van der Waals surface area contributed by atoms with Gasteiger partial charge in [-0.25, -0.2) is 13.2 Å². The number of benzene rings is 3. The van der Waals surface area contributed by atoms with Crippen LogP contribution in [0.25, 0.3) is 0 Å². The molecule has 0 atom stereocenters. The highest BCUT2D eigenvalue weighted by Crippen LogP contribution is 2.26. The minimum atomic E-state index is -3.58. The van der Waals surface area contributed by atoms with Crippen molar-refractivity contribution in [3.63, 3.8) is 0 Å². The van der Waals surface area contributed by atoms with Gasteiger partial charge in [0.05, 0.1) is 27.7 Å². The summed E-state index contributed by atoms with van der Waals surface area (Å²) >= 11 is 0. The van der Waals surface area contributed by atoms with Crippen LogP contribution in [0.1, 0.15) is 34.8 Å². The van der Waals surface area contributed by atoms with Crippen LogP contribution in [0.4, 0.5) is 11.4 Å². The van der Waals surface area contributed by atoms with Gasteiger partial charge >= 0.3 is 5.97 Å². The third-order valence-corrected chi connectivity index (χ3v) is 6.85. The number of esters is 1. The molecule has 0 unspecified atom stereocenters. The molecule has 1 amide bonds. The van der Waals surface area contributed by atoms with Crippen molar-refractivity contribution in [3.05, 3.63) is 99.6 Å². The maximum absolute atomic E-state index is 12.8. The number of hydrogen-bond acceptors (Lipinski definition) is 7. The molecule has 0 aliphatic rings. The normalized spacial score (nSPS) is 11.0. The SMILES string of the molecule is CCOC(=O)c1ccc([N+](=O)[O-])c(NC(=O)CCc2ccccc2CS(=O)(=O)c2ccccc2)c1. The van der Waals surface area contributed by atoms with Crippen molar-refractivity contribution in [1.29, 1.82) is 0 Å². The molecule has 3 rings (SSSR count). The van der Waals surface area contributed by atoms with Crippen LogP contribution >= 0.6 is 0 Å². The molecule has 0 heterocycles. The molecule has 35 heavy (non-hydrogen) atoms. The van der Waals surface area contributed by atoms with E-state index in [0.29, 0.717) is 11.1 Å². The number of nitrogens with zero attached hydrogens (tertiary/aromatic N) is 1. The predicted molar refractivity (Wildman–Crippen MR) is 130 cm³/mol. The second kappa shape index (κ2) is 11.4. The minimum Gasteiger partial charge on any atom is -0.462 e. The van der Waals surface area contributed by atoms with E-state index >= 15 is 0 Å². The zero-order valence-corrected chi connectivity index (χ0v) is 19.8. The first-order chi connectivity index (χ1) is 16.7. The number of amides is 1. The van der Waals surface area contributed by atoms with E-state index in [2.05, 4.69) is 5.32 Å². The fourth-order valence-corrected chi connectivity index (χ4v) is 4.89. The number of sulfone groups is 1. The lowest BCUT2D eigenvalue weighted by Gasteiger charge is -2.11. The molecule has 10 heteroatoms. The third kappa shape index (κ3) is 6.73. The first kappa shape index (κ1) is 25.6. The Morgan fingerprint density at radius 2 is 1.63 bits per heavy atom. The van der Waals surface area contributed by atoms with Crippen molar-refractivity contribution in [2.24, 2.45) is 0 Å². The molecular weight excluding hydrogens is 472 g/mol. The van der Waals surface area contributed by atoms with Crippen LogP contribution in [0.2, 0.25) is 0 Å². The Balaban J connectivity index is 1.74. The van der Waals surface area contributed by atoms with Crippen molar-refractivity contribution in [2.45, 2.75) is 30.4 Å². The van der Waals surface area contributed by atoms with Gasteiger partial charge in [-0.1, -0.05) is 42.5 Å². The highest BCUT2D eigenvalue weighted by molar-refractivity contribution is 7.90. The van der Waals surface area contributed by atoms with Crippen molar-refractivity contribution in [2.75, 3.05) is 11.9 Å². The molecule has 0 saturated heterocycles. The molecule has 0 spiro atoms. The first-order valence-electron chi connectivity index (χ1n) is 10.8. The number of ether oxygens (including phenoxy) is 1. The van der Waals surface area contributed by atoms with Gasteiger partial charge in [0.15, 0.2) is 9.84 Å². The molecule has 0 radical (unpaired) electrons. The fourth-order valence-electron chi connectivity index (χ4n) is 3.46. The molecule has 0 aliphatic heterocycles. The van der Waals surface area contributed by atoms with Gasteiger partial charge in [0.1, 0.15) is 5.69 Å². The average molecular weight is 497 g/mol. The number of rotatable bonds is 10. The van der Waals surface area contributed by atoms with Crippen molar-refractivity contribution < 1.29 is 27.7 Å². The number of nitro groups is 1. The summed E-state index contributed by atoms with van der Waals surface area (Å²) in [5, 5.41) is 13.9. The summed E-state index contributed by atoms with van der Waals surface area (Å²) in [6.07, 6.45) is 0.168. The predicted octanol–water partition coefficient (Wildman–Crippen LogP) is 4.32. The summed E-state index contributed by atoms with van der Waals surface area (Å²) in [7, 11) is -3.58. The summed E-state index contributed by atoms with van der Waals surface area (Å²) in [6.45, 7) is 1.77. The van der Waals surface area contributed by atoms with Crippen molar-refractivity contribution >= 4 is 33.1 Å². The van der Waals surface area contributed by atoms with Gasteiger partial charge in [-0.3, -0.25) is 14.9 Å². The largest absolute Gasteiger partial charge is 0.462 e. The third-order valence-electron chi connectivity index (χ3n) is 5.17. The summed E-state index contributed by atoms with van der Waals surface area (Å²) in [4.78, 5) is 35.5. The molecule has 3 aromatic carbocycles. The Bertz CT molecular complexity index is 1340. The lowest BCUT2D eigenvalue weighted by molar-refractivity contribution is -0.383. The van der Waals surface area contributed by atoms with Gasteiger partial charge in [0, 0.05) is 12.5 Å². The van der Waals surface area contributed by atoms with Gasteiger partial charge in [0.25, 0.3) is 5.69 Å². The standard InChI is InChI=1S/C25H24N2O7S/c1-2-34-25(29)19-12-14-23(27(30)31)22(16-19)26-24(28)15-13-18-8-6-7-9-20(18)17-35(32,33)21-10-4-3-5-11-21/h3-12,14,16H,2,13,15,17H2,1H3,(H,26,28). The van der Waals surface area contributed by atoms with Crippen LogP contribution in [0.3, 0.4) is 0 Å². The molecule has 3 aromatic rings. The first-order valence-corrected chi connectivity index (χ1v) is 12.5. The highest BCUT2D eigenvalue weighted by atomic mass is 32.2. The van der Waals surface area contributed by atoms with E-state index in [-0.39, 0.29) is 47.0 Å². The van der Waals surface area contributed by atoms with E-state index in [1.807, 2.05) is 0 Å². The zero-order valence-electron chi connectivity index (χ0n) is 19.0. The molecule has 0 bridgehead atoms. The van der Waals surface area contributed by atoms with E-state index in [9.17, 15) is 28.1 Å². The van der Waals surface area contributed by atoms with E-state index < -0.39 is 26.6 Å². The van der Waals surface area contributed by atoms with Crippen molar-refractivity contribution in [1.82, 2.24) is 0 Å². The molecule has 9 nitrogen and oxygen atoms in total. The van der Waals surface area contributed by atoms with E-state index in [1.165, 1.54) is 24.3 Å². The lowest BCUT2D eigenvalue weighted by Crippen LogP contribution is -2.15. The Morgan fingerprint density at radius 1 is 0.971 bits per heavy atom. The molecular formula is C25H24N2O7S. The van der Waals surface area contributed by atoms with Crippen LogP contribution in [0, 0.1) is 10.1 Å². The second-order valence-corrected chi connectivity index (χ2v) is 9.59. The summed E-state index contributed by atoms with van der Waals surface area (Å²) in [5.41, 5.74) is 0.840. The molecule has 1 N–H and O–H groups in total. The maximum Gasteiger partial charge on any atom is 0.338 e. The van der Waals surface area contributed by atoms with Gasteiger partial charge < -0.3 is 10.1 Å². The lowest BCUT2D eigenvalue weighted by atomic mass is 10.0. The number of carbonyl (C=O) groups excluding carboxylic acids is 2. The monoisotopic (exact) mass is 496 g/mol. The van der Waals surface area contributed by atoms with Crippen LogP contribution in [-0.4, -0.2) is 31.8 Å². The van der Waals surface area contributed by atoms with Crippen LogP contribution in [-0.2, 0) is 31.5 Å². The number of nitrogens with one attached hydrogen (secondary N) is 1. The topological polar surface area (TPSA) is 133 Å². The Labute approximate surface area is 202 Å². The van der Waals surface area contributed by atoms with Crippen LogP contribution in [0.15, 0.2) is 77.7 Å². The summed E-state index contributed by atoms with van der Waals surface area (Å²) in [5.74, 6) is -1.40. The van der Waals surface area contributed by atoms with Gasteiger partial charge in [0.2, 0.25) is 5.91 Å². The fraction of sp³-hybridized carbons (Fsp3) is 0.200. The average Bonchev–Trinajstić information content (AvgIpc) is 2.84. The van der Waals surface area contributed by atoms with Crippen molar-refractivity contribution in [3.8, 4) is 0 Å². The summed E-state index contributed by atoms with van der Waals surface area (Å²) in [6, 6.07) is 18.6. The van der Waals surface area contributed by atoms with Gasteiger partial charge in [-0.05, 0) is 48.7 Å². The number of anilines is 1. The molecule has 0 aromatic heterocycles. The number of carbonyl (C=O) groups is 2. The second-order valence-electron chi connectivity index (χ2n) is 7.60. The van der Waals surface area contributed by atoms with Crippen LogP contribution < -0.4 is 5.32 Å². The van der Waals surface area contributed by atoms with Gasteiger partial charge in [-0.2, -0.15) is 0 Å². The minimum absolute atomic E-state index is 0.0524. The summed E-state index contributed by atoms with van der Waals surface area (Å²) < 4.78 is 30.5. The van der Waals surface area contributed by atoms with E-state index in [1.54, 1.807) is 49.4 Å². The number of hydrogen-bond donors (Lipinski definition) is 1. The van der Waals surface area contributed by atoms with Gasteiger partial charge in [-0.15, -0.1) is 0 Å². The van der Waals surface area contributed by atoms with Crippen LogP contribution in [0.5, 0.6) is 0 Å². The smallest absolute Gasteiger partial charge is 0.338 e. The molecule has 0 saturated carbocycles.